The van der Waals surface area contributed by atoms with Crippen LogP contribution < -0.4 is 5.32 Å². The van der Waals surface area contributed by atoms with E-state index in [4.69, 9.17) is 0 Å². The van der Waals surface area contributed by atoms with Gasteiger partial charge in [-0.3, -0.25) is 0 Å². The number of ether oxygens (including phenoxy) is 1. The van der Waals surface area contributed by atoms with E-state index in [0.717, 1.165) is 5.69 Å². The third-order valence-corrected chi connectivity index (χ3v) is 1.51. The Kier molecular flexibility index (Phi) is 3.96. The molecule has 0 saturated carbocycles. The van der Waals surface area contributed by atoms with Crippen LogP contribution in [0.4, 0.5) is 19.1 Å². The quantitative estimate of drug-likeness (QED) is 0.747. The fraction of sp³-hybridized carbons (Fsp3) is 0.625. The van der Waals surface area contributed by atoms with Crippen molar-refractivity contribution in [1.82, 2.24) is 9.97 Å². The van der Waals surface area contributed by atoms with Crippen molar-refractivity contribution in [3.63, 3.8) is 0 Å². The van der Waals surface area contributed by atoms with Gasteiger partial charge >= 0.3 is 6.18 Å². The van der Waals surface area contributed by atoms with Crippen molar-refractivity contribution < 1.29 is 17.9 Å². The summed E-state index contributed by atoms with van der Waals surface area (Å²) >= 11 is 0. The smallest absolute Gasteiger partial charge is 0.370 e. The van der Waals surface area contributed by atoms with Crippen molar-refractivity contribution >= 4 is 5.95 Å². The van der Waals surface area contributed by atoms with Gasteiger partial charge in [0.25, 0.3) is 0 Å². The third-order valence-electron chi connectivity index (χ3n) is 1.51. The number of aromatic amines is 1. The molecule has 1 aromatic rings. The summed E-state index contributed by atoms with van der Waals surface area (Å²) in [6, 6.07) is 0. The number of alkyl halides is 3. The Bertz CT molecular complexity index is 298. The first-order chi connectivity index (χ1) is 6.97. The lowest BCUT2D eigenvalue weighted by atomic mass is 10.6. The van der Waals surface area contributed by atoms with Crippen molar-refractivity contribution in [2.75, 3.05) is 25.1 Å². The average molecular weight is 223 g/mol. The van der Waals surface area contributed by atoms with E-state index in [1.54, 1.807) is 6.20 Å². The zero-order chi connectivity index (χ0) is 11.3. The number of nitrogens with one attached hydrogen (secondary N) is 2. The number of nitrogens with zero attached hydrogens (tertiary/aromatic N) is 1. The summed E-state index contributed by atoms with van der Waals surface area (Å²) in [7, 11) is 0. The molecule has 86 valence electrons. The highest BCUT2D eigenvalue weighted by Crippen LogP contribution is 2.14. The highest BCUT2D eigenvalue weighted by molar-refractivity contribution is 5.25. The van der Waals surface area contributed by atoms with Gasteiger partial charge in [0, 0.05) is 18.4 Å². The van der Waals surface area contributed by atoms with Crippen molar-refractivity contribution in [1.29, 1.82) is 0 Å². The Morgan fingerprint density at radius 1 is 1.53 bits per heavy atom. The van der Waals surface area contributed by atoms with E-state index in [1.807, 2.05) is 6.92 Å². The van der Waals surface area contributed by atoms with Gasteiger partial charge in [0.1, 0.15) is 6.61 Å². The molecule has 0 aliphatic heterocycles. The van der Waals surface area contributed by atoms with Crippen LogP contribution in [0.25, 0.3) is 0 Å². The van der Waals surface area contributed by atoms with Crippen LogP contribution in [-0.2, 0) is 4.74 Å². The Hall–Kier alpha value is -1.24. The molecule has 1 heterocycles. The number of anilines is 1. The summed E-state index contributed by atoms with van der Waals surface area (Å²) in [6.07, 6.45) is -2.64. The van der Waals surface area contributed by atoms with Crippen LogP contribution in [0.15, 0.2) is 6.20 Å². The molecule has 0 aliphatic rings. The second kappa shape index (κ2) is 5.01. The zero-order valence-electron chi connectivity index (χ0n) is 8.19. The van der Waals surface area contributed by atoms with E-state index in [2.05, 4.69) is 20.0 Å². The molecule has 0 fully saturated rings. The fourth-order valence-electron chi connectivity index (χ4n) is 0.932. The summed E-state index contributed by atoms with van der Waals surface area (Å²) in [5.41, 5.74) is 0.883. The second-order valence-electron chi connectivity index (χ2n) is 3.01. The molecule has 0 spiro atoms. The first-order valence-corrected chi connectivity index (χ1v) is 4.37. The highest BCUT2D eigenvalue weighted by Gasteiger charge is 2.27. The van der Waals surface area contributed by atoms with E-state index in [9.17, 15) is 13.2 Å². The molecule has 0 aromatic carbocycles. The maximum absolute atomic E-state index is 11.6. The summed E-state index contributed by atoms with van der Waals surface area (Å²) in [4.78, 5) is 6.80. The molecule has 0 bridgehead atoms. The van der Waals surface area contributed by atoms with E-state index in [-0.39, 0.29) is 13.2 Å². The second-order valence-corrected chi connectivity index (χ2v) is 3.01. The van der Waals surface area contributed by atoms with Gasteiger partial charge in [-0.15, -0.1) is 0 Å². The molecule has 0 unspecified atom stereocenters. The van der Waals surface area contributed by atoms with Crippen LogP contribution >= 0.6 is 0 Å². The Balaban J connectivity index is 2.07. The van der Waals surface area contributed by atoms with Crippen molar-refractivity contribution in [3.8, 4) is 0 Å². The lowest BCUT2D eigenvalue weighted by Crippen LogP contribution is -2.20. The van der Waals surface area contributed by atoms with Crippen molar-refractivity contribution in [2.24, 2.45) is 0 Å². The number of hydrogen-bond donors (Lipinski definition) is 2. The van der Waals surface area contributed by atoms with E-state index >= 15 is 0 Å². The van der Waals surface area contributed by atoms with Crippen LogP contribution in [0.2, 0.25) is 0 Å². The molecular weight excluding hydrogens is 211 g/mol. The number of halogens is 3. The summed E-state index contributed by atoms with van der Waals surface area (Å²) in [5.74, 6) is 0.531. The largest absolute Gasteiger partial charge is 0.411 e. The lowest BCUT2D eigenvalue weighted by Gasteiger charge is -2.07. The minimum atomic E-state index is -4.26. The zero-order valence-corrected chi connectivity index (χ0v) is 8.19. The van der Waals surface area contributed by atoms with Crippen LogP contribution in [0, 0.1) is 6.92 Å². The van der Waals surface area contributed by atoms with Gasteiger partial charge in [0.05, 0.1) is 6.61 Å². The number of rotatable bonds is 5. The molecular formula is C8H12F3N3O. The molecule has 0 amide bonds. The molecule has 15 heavy (non-hydrogen) atoms. The minimum absolute atomic E-state index is 0.0146. The molecule has 2 N–H and O–H groups in total. The molecule has 0 radical (unpaired) electrons. The molecule has 0 atom stereocenters. The van der Waals surface area contributed by atoms with Gasteiger partial charge in [-0.2, -0.15) is 13.2 Å². The van der Waals surface area contributed by atoms with Gasteiger partial charge < -0.3 is 15.0 Å². The standard InChI is InChI=1S/C8H12F3N3O/c1-6-4-13-7(14-6)12-2-3-15-5-8(9,10)11/h4H,2-3,5H2,1H3,(H2,12,13,14). The van der Waals surface area contributed by atoms with E-state index < -0.39 is 12.8 Å². The monoisotopic (exact) mass is 223 g/mol. The fourth-order valence-corrected chi connectivity index (χ4v) is 0.932. The number of hydrogen-bond acceptors (Lipinski definition) is 3. The average Bonchev–Trinajstić information content (AvgIpc) is 2.49. The summed E-state index contributed by atoms with van der Waals surface area (Å²) in [5, 5.41) is 2.79. The number of aromatic nitrogens is 2. The third kappa shape index (κ3) is 5.26. The van der Waals surface area contributed by atoms with Gasteiger partial charge in [0.2, 0.25) is 0 Å². The molecule has 0 aliphatic carbocycles. The molecule has 4 nitrogen and oxygen atoms in total. The molecule has 0 saturated heterocycles. The topological polar surface area (TPSA) is 49.9 Å². The van der Waals surface area contributed by atoms with Gasteiger partial charge in [-0.05, 0) is 6.92 Å². The molecule has 7 heteroatoms. The Morgan fingerprint density at radius 3 is 2.80 bits per heavy atom. The first kappa shape index (κ1) is 11.8. The summed E-state index contributed by atoms with van der Waals surface area (Å²) in [6.45, 7) is 0.881. The Morgan fingerprint density at radius 2 is 2.27 bits per heavy atom. The number of aryl methyl sites for hydroxylation is 1. The van der Waals surface area contributed by atoms with Crippen molar-refractivity contribution in [2.45, 2.75) is 13.1 Å². The van der Waals surface area contributed by atoms with Crippen LogP contribution in [0.1, 0.15) is 5.69 Å². The summed E-state index contributed by atoms with van der Waals surface area (Å²) < 4.78 is 39.3. The van der Waals surface area contributed by atoms with Gasteiger partial charge in [-0.1, -0.05) is 0 Å². The first-order valence-electron chi connectivity index (χ1n) is 4.37. The number of imidazole rings is 1. The molecule has 1 aromatic heterocycles. The van der Waals surface area contributed by atoms with Gasteiger partial charge in [-0.25, -0.2) is 4.98 Å². The lowest BCUT2D eigenvalue weighted by molar-refractivity contribution is -0.172. The van der Waals surface area contributed by atoms with Crippen molar-refractivity contribution in [3.05, 3.63) is 11.9 Å². The van der Waals surface area contributed by atoms with Crippen LogP contribution in [0.5, 0.6) is 0 Å². The van der Waals surface area contributed by atoms with Gasteiger partial charge in [0.15, 0.2) is 5.95 Å². The maximum Gasteiger partial charge on any atom is 0.411 e. The van der Waals surface area contributed by atoms with E-state index in [1.165, 1.54) is 0 Å². The van der Waals surface area contributed by atoms with Crippen LogP contribution in [0.3, 0.4) is 0 Å². The molecule has 1 rings (SSSR count). The maximum atomic E-state index is 11.6. The predicted octanol–water partition coefficient (Wildman–Crippen LogP) is 1.71. The normalized spacial score (nSPS) is 11.7. The predicted molar refractivity (Wildman–Crippen MR) is 48.7 cm³/mol. The van der Waals surface area contributed by atoms with Crippen LogP contribution in [-0.4, -0.2) is 35.9 Å². The van der Waals surface area contributed by atoms with E-state index in [0.29, 0.717) is 5.95 Å². The number of H-pyrrole nitrogens is 1. The Labute approximate surface area is 84.8 Å². The highest BCUT2D eigenvalue weighted by atomic mass is 19.4. The SMILES string of the molecule is Cc1cnc(NCCOCC(F)(F)F)[nH]1. The minimum Gasteiger partial charge on any atom is -0.370 e.